The van der Waals surface area contributed by atoms with Crippen molar-refractivity contribution in [2.75, 3.05) is 19.6 Å². The Balaban J connectivity index is 1.46. The molecular weight excluding hydrogens is 218 g/mol. The van der Waals surface area contributed by atoms with Crippen LogP contribution < -0.4 is 0 Å². The number of aryl methyl sites for hydroxylation is 1. The number of nitrogens with zero attached hydrogens (tertiary/aromatic N) is 1. The largest absolute Gasteiger partial charge is 0.302 e. The van der Waals surface area contributed by atoms with E-state index in [1.165, 1.54) is 57.3 Å². The predicted molar refractivity (Wildman–Crippen MR) is 76.9 cm³/mol. The summed E-state index contributed by atoms with van der Waals surface area (Å²) in [5, 5.41) is 0. The number of hydrogen-bond donors (Lipinski definition) is 0. The van der Waals surface area contributed by atoms with Gasteiger partial charge in [0.2, 0.25) is 0 Å². The molecule has 2 fully saturated rings. The molecule has 1 nitrogen and oxygen atoms in total. The molecule has 1 saturated carbocycles. The van der Waals surface area contributed by atoms with E-state index in [-0.39, 0.29) is 0 Å². The Morgan fingerprint density at radius 3 is 2.33 bits per heavy atom. The Labute approximate surface area is 111 Å². The lowest BCUT2D eigenvalue weighted by molar-refractivity contribution is 0.111. The van der Waals surface area contributed by atoms with Gasteiger partial charge in [-0.05, 0) is 31.2 Å². The lowest BCUT2D eigenvalue weighted by atomic mass is 9.85. The maximum atomic E-state index is 2.67. The third kappa shape index (κ3) is 2.77. The number of rotatable bonds is 3. The molecule has 1 aliphatic carbocycles. The Morgan fingerprint density at radius 1 is 1.00 bits per heavy atom. The third-order valence-electron chi connectivity index (χ3n) is 4.75. The molecule has 1 heteroatoms. The van der Waals surface area contributed by atoms with Crippen LogP contribution in [-0.2, 0) is 0 Å². The molecule has 0 radical (unpaired) electrons. The number of likely N-dealkylation sites (tertiary alicyclic amines) is 1. The summed E-state index contributed by atoms with van der Waals surface area (Å²) < 4.78 is 0. The summed E-state index contributed by atoms with van der Waals surface area (Å²) >= 11 is 0. The van der Waals surface area contributed by atoms with Crippen molar-refractivity contribution < 1.29 is 0 Å². The van der Waals surface area contributed by atoms with Crippen molar-refractivity contribution in [3.63, 3.8) is 0 Å². The van der Waals surface area contributed by atoms with Gasteiger partial charge in [-0.25, -0.2) is 0 Å². The quantitative estimate of drug-likeness (QED) is 0.776. The van der Waals surface area contributed by atoms with Crippen LogP contribution in [0.2, 0.25) is 0 Å². The van der Waals surface area contributed by atoms with Crippen molar-refractivity contribution in [1.29, 1.82) is 0 Å². The first kappa shape index (κ1) is 12.2. The first-order valence-electron chi connectivity index (χ1n) is 7.60. The molecule has 1 aromatic carbocycles. The van der Waals surface area contributed by atoms with Gasteiger partial charge in [-0.2, -0.15) is 0 Å². The van der Waals surface area contributed by atoms with E-state index in [1.54, 1.807) is 5.56 Å². The fraction of sp³-hybridized carbons (Fsp3) is 0.647. The zero-order valence-electron chi connectivity index (χ0n) is 11.6. The molecule has 1 aliphatic heterocycles. The average Bonchev–Trinajstić information content (AvgIpc) is 2.36. The maximum Gasteiger partial charge on any atom is 0.00936 e. The normalized spacial score (nSPS) is 22.9. The van der Waals surface area contributed by atoms with Gasteiger partial charge in [-0.1, -0.05) is 49.1 Å². The van der Waals surface area contributed by atoms with Crippen LogP contribution in [0.25, 0.3) is 0 Å². The molecule has 0 spiro atoms. The molecule has 0 aromatic heterocycles. The van der Waals surface area contributed by atoms with Crippen molar-refractivity contribution >= 4 is 0 Å². The molecule has 1 heterocycles. The Kier molecular flexibility index (Phi) is 3.69. The van der Waals surface area contributed by atoms with Crippen LogP contribution in [-0.4, -0.2) is 24.5 Å². The van der Waals surface area contributed by atoms with Gasteiger partial charge in [0.1, 0.15) is 0 Å². The van der Waals surface area contributed by atoms with Gasteiger partial charge in [0.25, 0.3) is 0 Å². The highest BCUT2D eigenvalue weighted by atomic mass is 15.2. The van der Waals surface area contributed by atoms with Crippen molar-refractivity contribution in [2.45, 2.75) is 44.9 Å². The van der Waals surface area contributed by atoms with E-state index in [1.807, 2.05) is 0 Å². The summed E-state index contributed by atoms with van der Waals surface area (Å²) in [6.07, 6.45) is 7.37. The van der Waals surface area contributed by atoms with Crippen LogP contribution >= 0.6 is 0 Å². The molecule has 0 amide bonds. The molecular formula is C17H25N. The smallest absolute Gasteiger partial charge is 0.00936 e. The van der Waals surface area contributed by atoms with E-state index >= 15 is 0 Å². The number of hydrogen-bond acceptors (Lipinski definition) is 1. The number of benzene rings is 1. The SMILES string of the molecule is Cc1ccc(C2CN(CC3CCCCC3)C2)cc1. The summed E-state index contributed by atoms with van der Waals surface area (Å²) in [6.45, 7) is 6.11. The molecule has 1 aromatic rings. The van der Waals surface area contributed by atoms with Crippen molar-refractivity contribution in [3.8, 4) is 0 Å². The lowest BCUT2D eigenvalue weighted by Gasteiger charge is -2.42. The van der Waals surface area contributed by atoms with Crippen molar-refractivity contribution in [3.05, 3.63) is 35.4 Å². The van der Waals surface area contributed by atoms with Crippen LogP contribution in [0.3, 0.4) is 0 Å². The predicted octanol–water partition coefficient (Wildman–Crippen LogP) is 3.97. The van der Waals surface area contributed by atoms with Crippen LogP contribution in [0.1, 0.15) is 49.1 Å². The van der Waals surface area contributed by atoms with Crippen molar-refractivity contribution in [1.82, 2.24) is 4.90 Å². The van der Waals surface area contributed by atoms with E-state index < -0.39 is 0 Å². The second kappa shape index (κ2) is 5.44. The minimum absolute atomic E-state index is 0.800. The van der Waals surface area contributed by atoms with Gasteiger partial charge in [0.05, 0.1) is 0 Å². The Hall–Kier alpha value is -0.820. The first-order valence-corrected chi connectivity index (χ1v) is 7.60. The molecule has 1 saturated heterocycles. The van der Waals surface area contributed by atoms with E-state index in [9.17, 15) is 0 Å². The van der Waals surface area contributed by atoms with Gasteiger partial charge in [0, 0.05) is 25.6 Å². The molecule has 0 atom stereocenters. The Morgan fingerprint density at radius 2 is 1.67 bits per heavy atom. The molecule has 2 aliphatic rings. The molecule has 0 unspecified atom stereocenters. The van der Waals surface area contributed by atoms with Gasteiger partial charge < -0.3 is 4.90 Å². The molecule has 18 heavy (non-hydrogen) atoms. The summed E-state index contributed by atoms with van der Waals surface area (Å²) in [5.41, 5.74) is 2.91. The summed E-state index contributed by atoms with van der Waals surface area (Å²) in [6, 6.07) is 9.13. The highest BCUT2D eigenvalue weighted by Gasteiger charge is 2.29. The van der Waals surface area contributed by atoms with Gasteiger partial charge in [0.15, 0.2) is 0 Å². The van der Waals surface area contributed by atoms with Gasteiger partial charge in [-0.15, -0.1) is 0 Å². The summed E-state index contributed by atoms with van der Waals surface area (Å²) in [5.74, 6) is 1.80. The summed E-state index contributed by atoms with van der Waals surface area (Å²) in [4.78, 5) is 2.67. The topological polar surface area (TPSA) is 3.24 Å². The van der Waals surface area contributed by atoms with E-state index in [0.717, 1.165) is 11.8 Å². The minimum Gasteiger partial charge on any atom is -0.302 e. The molecule has 98 valence electrons. The van der Waals surface area contributed by atoms with Crippen LogP contribution in [0.15, 0.2) is 24.3 Å². The van der Waals surface area contributed by atoms with E-state index in [0.29, 0.717) is 0 Å². The average molecular weight is 243 g/mol. The summed E-state index contributed by atoms with van der Waals surface area (Å²) in [7, 11) is 0. The second-order valence-corrected chi connectivity index (χ2v) is 6.33. The van der Waals surface area contributed by atoms with Gasteiger partial charge >= 0.3 is 0 Å². The fourth-order valence-electron chi connectivity index (χ4n) is 3.50. The highest BCUT2D eigenvalue weighted by Crippen LogP contribution is 2.31. The lowest BCUT2D eigenvalue weighted by Crippen LogP contribution is -2.47. The highest BCUT2D eigenvalue weighted by molar-refractivity contribution is 5.26. The zero-order chi connectivity index (χ0) is 12.4. The van der Waals surface area contributed by atoms with Crippen LogP contribution in [0.4, 0.5) is 0 Å². The second-order valence-electron chi connectivity index (χ2n) is 6.33. The van der Waals surface area contributed by atoms with E-state index in [2.05, 4.69) is 36.1 Å². The molecule has 0 N–H and O–H groups in total. The van der Waals surface area contributed by atoms with Crippen LogP contribution in [0.5, 0.6) is 0 Å². The minimum atomic E-state index is 0.800. The monoisotopic (exact) mass is 243 g/mol. The maximum absolute atomic E-state index is 2.67. The Bertz CT molecular complexity index is 369. The third-order valence-corrected chi connectivity index (χ3v) is 4.75. The zero-order valence-corrected chi connectivity index (χ0v) is 11.6. The van der Waals surface area contributed by atoms with Crippen molar-refractivity contribution in [2.24, 2.45) is 5.92 Å². The first-order chi connectivity index (χ1) is 8.81. The molecule has 3 rings (SSSR count). The molecule has 0 bridgehead atoms. The van der Waals surface area contributed by atoms with Gasteiger partial charge in [-0.3, -0.25) is 0 Å². The fourth-order valence-corrected chi connectivity index (χ4v) is 3.50. The van der Waals surface area contributed by atoms with E-state index in [4.69, 9.17) is 0 Å². The van der Waals surface area contributed by atoms with Crippen LogP contribution in [0, 0.1) is 12.8 Å². The standard InChI is InChI=1S/C17H25N/c1-14-7-9-16(10-8-14)17-12-18(13-17)11-15-5-3-2-4-6-15/h7-10,15,17H,2-6,11-13H2,1H3.